The van der Waals surface area contributed by atoms with E-state index in [4.69, 9.17) is 21.1 Å². The molecule has 0 radical (unpaired) electrons. The van der Waals surface area contributed by atoms with Gasteiger partial charge in [-0.15, -0.1) is 0 Å². The molecule has 2 heterocycles. The first-order valence-electron chi connectivity index (χ1n) is 10.4. The zero-order chi connectivity index (χ0) is 22.7. The number of halogens is 1. The van der Waals surface area contributed by atoms with Crippen molar-refractivity contribution in [2.45, 2.75) is 19.9 Å². The molecule has 1 amide bonds. The van der Waals surface area contributed by atoms with Crippen LogP contribution in [0.15, 0.2) is 54.9 Å². The average molecular weight is 453 g/mol. The fraction of sp³-hybridized carbons (Fsp3) is 0.292. The summed E-state index contributed by atoms with van der Waals surface area (Å²) >= 11 is 5.94. The molecule has 1 fully saturated rings. The number of amides is 1. The highest BCUT2D eigenvalue weighted by molar-refractivity contribution is 6.30. The maximum Gasteiger partial charge on any atom is 0.254 e. The van der Waals surface area contributed by atoms with Gasteiger partial charge in [0.1, 0.15) is 12.1 Å². The Morgan fingerprint density at radius 3 is 2.56 bits per heavy atom. The van der Waals surface area contributed by atoms with E-state index in [9.17, 15) is 4.79 Å². The van der Waals surface area contributed by atoms with E-state index >= 15 is 0 Å². The molecular weight excluding hydrogens is 428 g/mol. The Bertz CT molecular complexity index is 1110. The third-order valence-electron chi connectivity index (χ3n) is 5.46. The number of carbonyl (C=O) groups is 1. The van der Waals surface area contributed by atoms with Gasteiger partial charge in [-0.1, -0.05) is 17.7 Å². The number of benzene rings is 2. The molecule has 0 N–H and O–H groups in total. The molecule has 0 unspecified atom stereocenters. The van der Waals surface area contributed by atoms with Crippen molar-refractivity contribution in [2.75, 3.05) is 31.6 Å². The molecule has 8 heteroatoms. The van der Waals surface area contributed by atoms with Crippen molar-refractivity contribution >= 4 is 23.3 Å². The van der Waals surface area contributed by atoms with Crippen LogP contribution in [-0.4, -0.2) is 53.6 Å². The summed E-state index contributed by atoms with van der Waals surface area (Å²) in [5, 5.41) is 0.615. The quantitative estimate of drug-likeness (QED) is 0.564. The van der Waals surface area contributed by atoms with Crippen molar-refractivity contribution in [1.82, 2.24) is 14.9 Å². The normalized spacial score (nSPS) is 16.1. The van der Waals surface area contributed by atoms with Gasteiger partial charge in [-0.25, -0.2) is 9.97 Å². The summed E-state index contributed by atoms with van der Waals surface area (Å²) in [6.45, 7) is 5.94. The van der Waals surface area contributed by atoms with Crippen LogP contribution in [0.1, 0.15) is 22.8 Å². The Hall–Kier alpha value is -3.32. The lowest BCUT2D eigenvalue weighted by Crippen LogP contribution is -2.54. The minimum absolute atomic E-state index is 0.00647. The number of hydrogen-bond acceptors (Lipinski definition) is 6. The van der Waals surface area contributed by atoms with Gasteiger partial charge < -0.3 is 19.3 Å². The van der Waals surface area contributed by atoms with Crippen molar-refractivity contribution in [3.05, 3.63) is 71.0 Å². The molecule has 4 rings (SSSR count). The summed E-state index contributed by atoms with van der Waals surface area (Å²) in [5.74, 6) is 2.44. The van der Waals surface area contributed by atoms with E-state index < -0.39 is 0 Å². The second kappa shape index (κ2) is 9.44. The van der Waals surface area contributed by atoms with Gasteiger partial charge >= 0.3 is 0 Å². The Balaban J connectivity index is 1.45. The minimum Gasteiger partial charge on any atom is -0.493 e. The van der Waals surface area contributed by atoms with Crippen LogP contribution in [0, 0.1) is 6.92 Å². The van der Waals surface area contributed by atoms with Crippen molar-refractivity contribution in [2.24, 2.45) is 0 Å². The van der Waals surface area contributed by atoms with Crippen LogP contribution in [0.25, 0.3) is 0 Å². The standard InChI is InChI=1S/C24H25ClN4O3/c1-16-4-9-20(21(12-16)31-3)32-23-13-22(26-15-27-23)28-10-11-29(17(2)14-28)24(30)18-5-7-19(25)8-6-18/h4-9,12-13,15,17H,10-11,14H2,1-3H3/t17-/m0/s1. The Morgan fingerprint density at radius 2 is 1.84 bits per heavy atom. The molecule has 32 heavy (non-hydrogen) atoms. The lowest BCUT2D eigenvalue weighted by Gasteiger charge is -2.40. The van der Waals surface area contributed by atoms with Gasteiger partial charge in [0.05, 0.1) is 7.11 Å². The molecule has 1 aliphatic rings. The third-order valence-corrected chi connectivity index (χ3v) is 5.72. The van der Waals surface area contributed by atoms with Crippen LogP contribution in [0.2, 0.25) is 5.02 Å². The zero-order valence-corrected chi connectivity index (χ0v) is 19.0. The number of piperazine rings is 1. The second-order valence-electron chi connectivity index (χ2n) is 7.77. The Morgan fingerprint density at radius 1 is 1.06 bits per heavy atom. The lowest BCUT2D eigenvalue weighted by molar-refractivity contribution is 0.0673. The predicted molar refractivity (Wildman–Crippen MR) is 124 cm³/mol. The molecule has 1 saturated heterocycles. The molecule has 0 aliphatic carbocycles. The van der Waals surface area contributed by atoms with Crippen LogP contribution in [0.3, 0.4) is 0 Å². The smallest absolute Gasteiger partial charge is 0.254 e. The molecule has 1 aromatic heterocycles. The first-order valence-corrected chi connectivity index (χ1v) is 10.8. The highest BCUT2D eigenvalue weighted by atomic mass is 35.5. The molecule has 1 atom stereocenters. The number of ether oxygens (including phenoxy) is 2. The summed E-state index contributed by atoms with van der Waals surface area (Å²) in [4.78, 5) is 25.6. The highest BCUT2D eigenvalue weighted by Gasteiger charge is 2.29. The van der Waals surface area contributed by atoms with Crippen LogP contribution >= 0.6 is 11.6 Å². The van der Waals surface area contributed by atoms with E-state index in [1.807, 2.05) is 43.0 Å². The van der Waals surface area contributed by atoms with Gasteiger partial charge in [-0.05, 0) is 55.8 Å². The predicted octanol–water partition coefficient (Wildman–Crippen LogP) is 4.59. The minimum atomic E-state index is 0.00647. The number of rotatable bonds is 5. The number of aryl methyl sites for hydroxylation is 1. The Kier molecular flexibility index (Phi) is 6.46. The molecular formula is C24H25ClN4O3. The molecule has 0 bridgehead atoms. The molecule has 0 saturated carbocycles. The fourth-order valence-corrected chi connectivity index (χ4v) is 3.88. The van der Waals surface area contributed by atoms with E-state index in [2.05, 4.69) is 14.9 Å². The fourth-order valence-electron chi connectivity index (χ4n) is 3.76. The van der Waals surface area contributed by atoms with Crippen LogP contribution in [0.5, 0.6) is 17.4 Å². The number of carbonyl (C=O) groups excluding carboxylic acids is 1. The van der Waals surface area contributed by atoms with Gasteiger partial charge in [-0.3, -0.25) is 4.79 Å². The number of anilines is 1. The van der Waals surface area contributed by atoms with E-state index in [1.165, 1.54) is 6.33 Å². The first kappa shape index (κ1) is 21.9. The SMILES string of the molecule is COc1cc(C)ccc1Oc1cc(N2CCN(C(=O)c3ccc(Cl)cc3)[C@@H](C)C2)ncn1. The zero-order valence-electron chi connectivity index (χ0n) is 18.3. The van der Waals surface area contributed by atoms with Crippen molar-refractivity contribution in [1.29, 1.82) is 0 Å². The summed E-state index contributed by atoms with van der Waals surface area (Å²) in [6, 6.07) is 14.6. The van der Waals surface area contributed by atoms with Crippen LogP contribution < -0.4 is 14.4 Å². The number of hydrogen-bond donors (Lipinski definition) is 0. The van der Waals surface area contributed by atoms with E-state index in [0.29, 0.717) is 47.6 Å². The van der Waals surface area contributed by atoms with Crippen molar-refractivity contribution < 1.29 is 14.3 Å². The summed E-state index contributed by atoms with van der Waals surface area (Å²) < 4.78 is 11.4. The van der Waals surface area contributed by atoms with Gasteiger partial charge in [0, 0.05) is 42.3 Å². The monoisotopic (exact) mass is 452 g/mol. The second-order valence-corrected chi connectivity index (χ2v) is 8.21. The highest BCUT2D eigenvalue weighted by Crippen LogP contribution is 2.32. The maximum atomic E-state index is 12.9. The molecule has 2 aromatic carbocycles. The van der Waals surface area contributed by atoms with Gasteiger partial charge in [0.25, 0.3) is 5.91 Å². The van der Waals surface area contributed by atoms with Gasteiger partial charge in [-0.2, -0.15) is 0 Å². The van der Waals surface area contributed by atoms with E-state index in [-0.39, 0.29) is 11.9 Å². The van der Waals surface area contributed by atoms with E-state index in [1.54, 1.807) is 31.4 Å². The van der Waals surface area contributed by atoms with Crippen LogP contribution in [-0.2, 0) is 0 Å². The molecule has 7 nitrogen and oxygen atoms in total. The molecule has 1 aliphatic heterocycles. The topological polar surface area (TPSA) is 67.8 Å². The lowest BCUT2D eigenvalue weighted by atomic mass is 10.1. The maximum absolute atomic E-state index is 12.9. The number of nitrogens with zero attached hydrogens (tertiary/aromatic N) is 4. The average Bonchev–Trinajstić information content (AvgIpc) is 2.80. The van der Waals surface area contributed by atoms with E-state index in [0.717, 1.165) is 11.4 Å². The molecule has 166 valence electrons. The van der Waals surface area contributed by atoms with Gasteiger partial charge in [0.15, 0.2) is 11.5 Å². The molecule has 0 spiro atoms. The summed E-state index contributed by atoms with van der Waals surface area (Å²) in [7, 11) is 1.61. The van der Waals surface area contributed by atoms with Crippen molar-refractivity contribution in [3.63, 3.8) is 0 Å². The van der Waals surface area contributed by atoms with Crippen molar-refractivity contribution in [3.8, 4) is 17.4 Å². The first-order chi connectivity index (χ1) is 15.4. The largest absolute Gasteiger partial charge is 0.493 e. The van der Waals surface area contributed by atoms with Crippen LogP contribution in [0.4, 0.5) is 5.82 Å². The number of methoxy groups -OCH3 is 1. The third kappa shape index (κ3) is 4.78. The Labute approximate surface area is 192 Å². The summed E-state index contributed by atoms with van der Waals surface area (Å²) in [6.07, 6.45) is 1.49. The van der Waals surface area contributed by atoms with Gasteiger partial charge in [0.2, 0.25) is 5.88 Å². The molecule has 3 aromatic rings. The summed E-state index contributed by atoms with van der Waals surface area (Å²) in [5.41, 5.74) is 1.72. The number of aromatic nitrogens is 2.